The van der Waals surface area contributed by atoms with Crippen molar-refractivity contribution in [1.82, 2.24) is 24.9 Å². The van der Waals surface area contributed by atoms with Crippen molar-refractivity contribution in [3.63, 3.8) is 0 Å². The standard InChI is InChI=1S/C25H25N5O3S/c1-15-6-4-5-7-19(15)11-20-16(2)27-24-28-25(29-30(24)17(20)3)34-13-23(31)26-12-18-8-9-21-22(10-18)33-14-32-21/h4-10H,11-14H2,1-3H3,(H,26,31). The second kappa shape index (κ2) is 9.34. The predicted octanol–water partition coefficient (Wildman–Crippen LogP) is 3.78. The van der Waals surface area contributed by atoms with Gasteiger partial charge in [0.05, 0.1) is 5.75 Å². The first-order valence-electron chi connectivity index (χ1n) is 11.0. The highest BCUT2D eigenvalue weighted by atomic mass is 32.2. The van der Waals surface area contributed by atoms with Crippen LogP contribution in [0.1, 0.15) is 33.6 Å². The van der Waals surface area contributed by atoms with E-state index in [0.29, 0.717) is 23.2 Å². The first-order valence-corrected chi connectivity index (χ1v) is 12.0. The summed E-state index contributed by atoms with van der Waals surface area (Å²) in [5.74, 6) is 2.10. The van der Waals surface area contributed by atoms with Crippen LogP contribution < -0.4 is 14.8 Å². The van der Waals surface area contributed by atoms with E-state index in [1.807, 2.05) is 38.1 Å². The minimum atomic E-state index is -0.0948. The molecule has 3 heterocycles. The first kappa shape index (κ1) is 22.2. The molecule has 9 heteroatoms. The van der Waals surface area contributed by atoms with E-state index >= 15 is 0 Å². The van der Waals surface area contributed by atoms with Gasteiger partial charge in [0.25, 0.3) is 5.78 Å². The lowest BCUT2D eigenvalue weighted by Crippen LogP contribution is -2.24. The molecule has 0 atom stereocenters. The molecule has 1 amide bonds. The number of ether oxygens (including phenoxy) is 2. The Kier molecular flexibility index (Phi) is 6.10. The number of carbonyl (C=O) groups excluding carboxylic acids is 1. The van der Waals surface area contributed by atoms with Gasteiger partial charge < -0.3 is 14.8 Å². The number of aromatic nitrogens is 4. The van der Waals surface area contributed by atoms with E-state index in [1.165, 1.54) is 22.9 Å². The molecule has 0 radical (unpaired) electrons. The zero-order valence-corrected chi connectivity index (χ0v) is 20.1. The van der Waals surface area contributed by atoms with Crippen molar-refractivity contribution in [1.29, 1.82) is 0 Å². The van der Waals surface area contributed by atoms with Gasteiger partial charge >= 0.3 is 0 Å². The van der Waals surface area contributed by atoms with Crippen molar-refractivity contribution in [2.24, 2.45) is 0 Å². The molecule has 0 aliphatic carbocycles. The van der Waals surface area contributed by atoms with Gasteiger partial charge in [0.15, 0.2) is 11.5 Å². The Morgan fingerprint density at radius 2 is 1.91 bits per heavy atom. The molecule has 2 aromatic heterocycles. The number of nitrogens with zero attached hydrogens (tertiary/aromatic N) is 4. The zero-order chi connectivity index (χ0) is 23.7. The van der Waals surface area contributed by atoms with Crippen LogP contribution >= 0.6 is 11.8 Å². The third-order valence-electron chi connectivity index (χ3n) is 5.92. The Balaban J connectivity index is 1.24. The van der Waals surface area contributed by atoms with Crippen LogP contribution in [0.4, 0.5) is 0 Å². The fourth-order valence-electron chi connectivity index (χ4n) is 3.94. The summed E-state index contributed by atoms with van der Waals surface area (Å²) in [7, 11) is 0. The number of amides is 1. The highest BCUT2D eigenvalue weighted by Gasteiger charge is 2.16. The van der Waals surface area contributed by atoms with Gasteiger partial charge in [-0.05, 0) is 55.2 Å². The third-order valence-corrected chi connectivity index (χ3v) is 6.75. The number of hydrogen-bond acceptors (Lipinski definition) is 7. The van der Waals surface area contributed by atoms with Crippen LogP contribution in [-0.4, -0.2) is 38.0 Å². The topological polar surface area (TPSA) is 90.6 Å². The number of aryl methyl sites for hydroxylation is 3. The number of benzene rings is 2. The van der Waals surface area contributed by atoms with E-state index in [9.17, 15) is 4.79 Å². The highest BCUT2D eigenvalue weighted by molar-refractivity contribution is 7.99. The maximum absolute atomic E-state index is 12.4. The molecule has 8 nitrogen and oxygen atoms in total. The summed E-state index contributed by atoms with van der Waals surface area (Å²) in [4.78, 5) is 21.6. The Morgan fingerprint density at radius 1 is 1.09 bits per heavy atom. The van der Waals surface area contributed by atoms with Crippen LogP contribution in [0.2, 0.25) is 0 Å². The molecule has 34 heavy (non-hydrogen) atoms. The number of rotatable bonds is 7. The monoisotopic (exact) mass is 475 g/mol. The SMILES string of the molecule is Cc1ccccc1Cc1c(C)nc2nc(SCC(=O)NCc3ccc4c(c3)OCO4)nn2c1C. The molecule has 1 aliphatic heterocycles. The van der Waals surface area contributed by atoms with Gasteiger partial charge in [-0.15, -0.1) is 5.10 Å². The zero-order valence-electron chi connectivity index (χ0n) is 19.3. The maximum atomic E-state index is 12.4. The fraction of sp³-hybridized carbons (Fsp3) is 0.280. The van der Waals surface area contributed by atoms with Gasteiger partial charge in [-0.2, -0.15) is 4.98 Å². The molecule has 174 valence electrons. The molecule has 1 N–H and O–H groups in total. The second-order valence-electron chi connectivity index (χ2n) is 8.22. The summed E-state index contributed by atoms with van der Waals surface area (Å²) < 4.78 is 12.5. The molecule has 2 aromatic carbocycles. The molecule has 0 unspecified atom stereocenters. The van der Waals surface area contributed by atoms with Gasteiger partial charge in [-0.3, -0.25) is 4.79 Å². The van der Waals surface area contributed by atoms with Crippen LogP contribution in [0, 0.1) is 20.8 Å². The van der Waals surface area contributed by atoms with Gasteiger partial charge in [-0.1, -0.05) is 42.1 Å². The van der Waals surface area contributed by atoms with Crippen molar-refractivity contribution in [2.45, 2.75) is 38.9 Å². The molecule has 0 bridgehead atoms. The quantitative estimate of drug-likeness (QED) is 0.407. The second-order valence-corrected chi connectivity index (χ2v) is 9.17. The summed E-state index contributed by atoms with van der Waals surface area (Å²) in [6, 6.07) is 14.0. The van der Waals surface area contributed by atoms with Gasteiger partial charge in [0.2, 0.25) is 17.9 Å². The van der Waals surface area contributed by atoms with Crippen molar-refractivity contribution in [2.75, 3.05) is 12.5 Å². The van der Waals surface area contributed by atoms with Crippen LogP contribution in [0.25, 0.3) is 5.78 Å². The van der Waals surface area contributed by atoms with Crippen LogP contribution in [-0.2, 0) is 17.8 Å². The fourth-order valence-corrected chi connectivity index (χ4v) is 4.59. The average Bonchev–Trinajstić information content (AvgIpc) is 3.46. The van der Waals surface area contributed by atoms with Crippen LogP contribution in [0.5, 0.6) is 11.5 Å². The number of hydrogen-bond donors (Lipinski definition) is 1. The molecular weight excluding hydrogens is 450 g/mol. The predicted molar refractivity (Wildman–Crippen MR) is 129 cm³/mol. The molecular formula is C25H25N5O3S. The molecule has 0 saturated carbocycles. The van der Waals surface area contributed by atoms with E-state index < -0.39 is 0 Å². The largest absolute Gasteiger partial charge is 0.454 e. The van der Waals surface area contributed by atoms with Gasteiger partial charge in [0, 0.05) is 24.4 Å². The van der Waals surface area contributed by atoms with Crippen molar-refractivity contribution >= 4 is 23.4 Å². The van der Waals surface area contributed by atoms with E-state index in [1.54, 1.807) is 4.52 Å². The van der Waals surface area contributed by atoms with Crippen LogP contribution in [0.3, 0.4) is 0 Å². The Bertz CT molecular complexity index is 1380. The normalized spacial score (nSPS) is 12.3. The van der Waals surface area contributed by atoms with E-state index in [4.69, 9.17) is 9.47 Å². The molecule has 0 fully saturated rings. The molecule has 4 aromatic rings. The summed E-state index contributed by atoms with van der Waals surface area (Å²) in [5, 5.41) is 8.05. The van der Waals surface area contributed by atoms with E-state index in [2.05, 4.69) is 45.5 Å². The van der Waals surface area contributed by atoms with Crippen molar-refractivity contribution < 1.29 is 14.3 Å². The molecule has 1 aliphatic rings. The minimum Gasteiger partial charge on any atom is -0.454 e. The first-order chi connectivity index (χ1) is 16.5. The number of nitrogens with one attached hydrogen (secondary N) is 1. The Labute approximate surface area is 201 Å². The van der Waals surface area contributed by atoms with Crippen LogP contribution in [0.15, 0.2) is 47.6 Å². The maximum Gasteiger partial charge on any atom is 0.253 e. The number of thioether (sulfide) groups is 1. The third kappa shape index (κ3) is 4.56. The molecule has 5 rings (SSSR count). The molecule has 0 saturated heterocycles. The smallest absolute Gasteiger partial charge is 0.253 e. The van der Waals surface area contributed by atoms with E-state index in [0.717, 1.165) is 34.7 Å². The average molecular weight is 476 g/mol. The highest BCUT2D eigenvalue weighted by Crippen LogP contribution is 2.32. The Morgan fingerprint density at radius 3 is 2.76 bits per heavy atom. The molecule has 0 spiro atoms. The lowest BCUT2D eigenvalue weighted by atomic mass is 9.99. The summed E-state index contributed by atoms with van der Waals surface area (Å²) in [5.41, 5.74) is 6.57. The lowest BCUT2D eigenvalue weighted by Gasteiger charge is -2.11. The van der Waals surface area contributed by atoms with Crippen molar-refractivity contribution in [3.8, 4) is 11.5 Å². The summed E-state index contributed by atoms with van der Waals surface area (Å²) in [6.45, 7) is 6.81. The number of fused-ring (bicyclic) bond motifs is 2. The summed E-state index contributed by atoms with van der Waals surface area (Å²) >= 11 is 1.30. The van der Waals surface area contributed by atoms with E-state index in [-0.39, 0.29) is 18.5 Å². The summed E-state index contributed by atoms with van der Waals surface area (Å²) in [6.07, 6.45) is 0.790. The Hall–Kier alpha value is -3.59. The number of carbonyl (C=O) groups is 1. The van der Waals surface area contributed by atoms with Gasteiger partial charge in [-0.25, -0.2) is 9.50 Å². The minimum absolute atomic E-state index is 0.0948. The lowest BCUT2D eigenvalue weighted by molar-refractivity contribution is -0.118. The van der Waals surface area contributed by atoms with Crippen molar-refractivity contribution in [3.05, 3.63) is 76.1 Å². The van der Waals surface area contributed by atoms with Gasteiger partial charge in [0.1, 0.15) is 0 Å².